The molecular formula is C67H116O6. The fourth-order valence-corrected chi connectivity index (χ4v) is 8.60. The maximum absolute atomic E-state index is 12.9. The van der Waals surface area contributed by atoms with E-state index in [1.54, 1.807) is 0 Å². The van der Waals surface area contributed by atoms with Crippen LogP contribution < -0.4 is 0 Å². The van der Waals surface area contributed by atoms with Gasteiger partial charge < -0.3 is 14.2 Å². The summed E-state index contributed by atoms with van der Waals surface area (Å²) in [6.07, 6.45) is 80.1. The minimum absolute atomic E-state index is 0.0871. The Morgan fingerprint density at radius 3 is 0.808 bits per heavy atom. The van der Waals surface area contributed by atoms with Crippen LogP contribution in [-0.4, -0.2) is 37.2 Å². The Hall–Kier alpha value is -3.41. The van der Waals surface area contributed by atoms with E-state index in [2.05, 4.69) is 106 Å². The standard InChI is InChI=1S/C67H116O6/c1-4-7-10-13-16-19-22-25-28-29-30-31-32-33-34-35-36-37-38-39-40-43-45-48-51-54-57-60-66(69)72-63-64(73-67(70)61-58-55-52-49-46-42-27-24-21-18-15-12-9-6-3)62-71-65(68)59-56-53-50-47-44-41-26-23-20-17-14-11-8-5-2/h14-15,17-18,22-27,29-30,32-33,64H,4-13,16,19-21,28,31,34-63H2,1-3H3/b17-14-,18-15-,25-22-,26-23-,27-24-,30-29-,33-32-. The molecule has 0 aliphatic carbocycles. The summed E-state index contributed by atoms with van der Waals surface area (Å²) in [5, 5.41) is 0. The number of unbranched alkanes of at least 4 members (excludes halogenated alkanes) is 31. The minimum Gasteiger partial charge on any atom is -0.462 e. The number of esters is 3. The van der Waals surface area contributed by atoms with Crippen LogP contribution in [0.25, 0.3) is 0 Å². The summed E-state index contributed by atoms with van der Waals surface area (Å²) in [6, 6.07) is 0. The first-order valence-electron chi connectivity index (χ1n) is 31.1. The van der Waals surface area contributed by atoms with Gasteiger partial charge in [-0.05, 0) is 109 Å². The predicted octanol–water partition coefficient (Wildman–Crippen LogP) is 21.1. The van der Waals surface area contributed by atoms with E-state index in [9.17, 15) is 14.4 Å². The third-order valence-electron chi connectivity index (χ3n) is 13.3. The first kappa shape index (κ1) is 69.6. The molecule has 0 aromatic carbocycles. The topological polar surface area (TPSA) is 78.9 Å². The smallest absolute Gasteiger partial charge is 0.306 e. The Labute approximate surface area is 452 Å². The zero-order valence-corrected chi connectivity index (χ0v) is 48.1. The molecule has 0 rings (SSSR count). The highest BCUT2D eigenvalue weighted by molar-refractivity contribution is 5.71. The van der Waals surface area contributed by atoms with Gasteiger partial charge in [0.1, 0.15) is 13.2 Å². The average Bonchev–Trinajstić information content (AvgIpc) is 3.39. The number of carbonyl (C=O) groups is 3. The second-order valence-corrected chi connectivity index (χ2v) is 20.6. The lowest BCUT2D eigenvalue weighted by Gasteiger charge is -2.18. The molecule has 0 radical (unpaired) electrons. The molecule has 6 heteroatoms. The van der Waals surface area contributed by atoms with Gasteiger partial charge in [-0.15, -0.1) is 0 Å². The van der Waals surface area contributed by atoms with Crippen LogP contribution in [0, 0.1) is 0 Å². The number of allylic oxidation sites excluding steroid dienone is 14. The van der Waals surface area contributed by atoms with E-state index < -0.39 is 6.10 Å². The Balaban J connectivity index is 4.28. The van der Waals surface area contributed by atoms with Gasteiger partial charge in [-0.3, -0.25) is 14.4 Å². The van der Waals surface area contributed by atoms with Crippen molar-refractivity contribution in [2.75, 3.05) is 13.2 Å². The van der Waals surface area contributed by atoms with E-state index in [1.165, 1.54) is 141 Å². The summed E-state index contributed by atoms with van der Waals surface area (Å²) in [7, 11) is 0. The minimum atomic E-state index is -0.791. The van der Waals surface area contributed by atoms with Crippen molar-refractivity contribution in [1.29, 1.82) is 0 Å². The highest BCUT2D eigenvalue weighted by Crippen LogP contribution is 2.16. The van der Waals surface area contributed by atoms with Gasteiger partial charge in [-0.2, -0.15) is 0 Å². The molecule has 0 heterocycles. The molecule has 73 heavy (non-hydrogen) atoms. The molecule has 0 aromatic heterocycles. The van der Waals surface area contributed by atoms with Gasteiger partial charge in [0.25, 0.3) is 0 Å². The van der Waals surface area contributed by atoms with E-state index in [1.807, 2.05) is 0 Å². The molecule has 0 aliphatic heterocycles. The molecule has 420 valence electrons. The molecule has 0 fully saturated rings. The van der Waals surface area contributed by atoms with E-state index in [0.29, 0.717) is 19.3 Å². The highest BCUT2D eigenvalue weighted by atomic mass is 16.6. The Morgan fingerprint density at radius 2 is 0.507 bits per heavy atom. The molecule has 0 saturated carbocycles. The lowest BCUT2D eigenvalue weighted by molar-refractivity contribution is -0.167. The van der Waals surface area contributed by atoms with Gasteiger partial charge in [0, 0.05) is 19.3 Å². The van der Waals surface area contributed by atoms with Crippen LogP contribution in [0.5, 0.6) is 0 Å². The van der Waals surface area contributed by atoms with Gasteiger partial charge in [0.2, 0.25) is 0 Å². The number of hydrogen-bond donors (Lipinski definition) is 0. The molecule has 0 spiro atoms. The van der Waals surface area contributed by atoms with Crippen molar-refractivity contribution >= 4 is 17.9 Å². The average molecular weight is 1020 g/mol. The van der Waals surface area contributed by atoms with Crippen molar-refractivity contribution in [3.63, 3.8) is 0 Å². The second kappa shape index (κ2) is 61.1. The first-order valence-corrected chi connectivity index (χ1v) is 31.1. The van der Waals surface area contributed by atoms with Gasteiger partial charge in [-0.1, -0.05) is 260 Å². The van der Waals surface area contributed by atoms with Crippen LogP contribution in [0.2, 0.25) is 0 Å². The quantitative estimate of drug-likeness (QED) is 0.0261. The van der Waals surface area contributed by atoms with E-state index in [-0.39, 0.29) is 31.1 Å². The number of carbonyl (C=O) groups excluding carboxylic acids is 3. The van der Waals surface area contributed by atoms with Crippen LogP contribution in [0.3, 0.4) is 0 Å². The van der Waals surface area contributed by atoms with Gasteiger partial charge in [0.15, 0.2) is 6.10 Å². The van der Waals surface area contributed by atoms with Crippen molar-refractivity contribution in [1.82, 2.24) is 0 Å². The fraction of sp³-hybridized carbons (Fsp3) is 0.746. The molecule has 0 N–H and O–H groups in total. The zero-order chi connectivity index (χ0) is 52.9. The zero-order valence-electron chi connectivity index (χ0n) is 48.1. The largest absolute Gasteiger partial charge is 0.462 e. The van der Waals surface area contributed by atoms with Crippen molar-refractivity contribution in [3.8, 4) is 0 Å². The first-order chi connectivity index (χ1) is 36.0. The number of hydrogen-bond acceptors (Lipinski definition) is 6. The molecular weight excluding hydrogens is 901 g/mol. The molecule has 6 nitrogen and oxygen atoms in total. The summed E-state index contributed by atoms with van der Waals surface area (Å²) in [6.45, 7) is 6.54. The number of ether oxygens (including phenoxy) is 3. The monoisotopic (exact) mass is 1020 g/mol. The van der Waals surface area contributed by atoms with Gasteiger partial charge in [-0.25, -0.2) is 0 Å². The fourth-order valence-electron chi connectivity index (χ4n) is 8.60. The molecule has 0 aliphatic rings. The summed E-state index contributed by atoms with van der Waals surface area (Å²) in [4.78, 5) is 38.2. The summed E-state index contributed by atoms with van der Waals surface area (Å²) >= 11 is 0. The van der Waals surface area contributed by atoms with Crippen molar-refractivity contribution in [2.45, 2.75) is 309 Å². The summed E-state index contributed by atoms with van der Waals surface area (Å²) in [5.74, 6) is -0.910. The Kier molecular flexibility index (Phi) is 58.3. The third kappa shape index (κ3) is 59.3. The second-order valence-electron chi connectivity index (χ2n) is 20.6. The predicted molar refractivity (Wildman–Crippen MR) is 316 cm³/mol. The van der Waals surface area contributed by atoms with E-state index in [0.717, 1.165) is 122 Å². The third-order valence-corrected chi connectivity index (χ3v) is 13.3. The normalized spacial score (nSPS) is 12.6. The van der Waals surface area contributed by atoms with Crippen LogP contribution in [0.15, 0.2) is 85.1 Å². The maximum Gasteiger partial charge on any atom is 0.306 e. The number of rotatable bonds is 56. The van der Waals surface area contributed by atoms with Crippen molar-refractivity contribution in [3.05, 3.63) is 85.1 Å². The molecule has 0 amide bonds. The molecule has 0 bridgehead atoms. The summed E-state index contributed by atoms with van der Waals surface area (Å²) in [5.41, 5.74) is 0. The molecule has 0 saturated heterocycles. The molecule has 1 atom stereocenters. The maximum atomic E-state index is 12.9. The van der Waals surface area contributed by atoms with Crippen molar-refractivity contribution < 1.29 is 28.6 Å². The lowest BCUT2D eigenvalue weighted by atomic mass is 10.0. The summed E-state index contributed by atoms with van der Waals surface area (Å²) < 4.78 is 16.9. The molecule has 1 unspecified atom stereocenters. The molecule has 0 aromatic rings. The lowest BCUT2D eigenvalue weighted by Crippen LogP contribution is -2.30. The van der Waals surface area contributed by atoms with Crippen LogP contribution in [0.1, 0.15) is 303 Å². The van der Waals surface area contributed by atoms with Crippen LogP contribution in [0.4, 0.5) is 0 Å². The Bertz CT molecular complexity index is 1400. The van der Waals surface area contributed by atoms with Crippen LogP contribution >= 0.6 is 0 Å². The Morgan fingerprint density at radius 1 is 0.274 bits per heavy atom. The SMILES string of the molecule is CCCC/C=C\C/C=C\CCCCCCCC(=O)OCC(COC(=O)CCCCCCCCCCCCCC/C=C\C/C=C\C/C=C\CCCCCCC)OC(=O)CCCCCCC/C=C\C/C=C\CCCC. The van der Waals surface area contributed by atoms with Crippen LogP contribution in [-0.2, 0) is 28.6 Å². The highest BCUT2D eigenvalue weighted by Gasteiger charge is 2.19. The van der Waals surface area contributed by atoms with Gasteiger partial charge >= 0.3 is 17.9 Å². The van der Waals surface area contributed by atoms with Gasteiger partial charge in [0.05, 0.1) is 0 Å². The van der Waals surface area contributed by atoms with Crippen molar-refractivity contribution in [2.24, 2.45) is 0 Å². The van der Waals surface area contributed by atoms with E-state index >= 15 is 0 Å². The van der Waals surface area contributed by atoms with E-state index in [4.69, 9.17) is 14.2 Å².